The molecule has 1 aromatic heterocycles. The summed E-state index contributed by atoms with van der Waals surface area (Å²) in [6, 6.07) is 9.70. The van der Waals surface area contributed by atoms with E-state index in [1.165, 1.54) is 23.7 Å². The van der Waals surface area contributed by atoms with Gasteiger partial charge >= 0.3 is 0 Å². The molecular formula is C15H20N2O. The van der Waals surface area contributed by atoms with Gasteiger partial charge in [0.15, 0.2) is 0 Å². The highest BCUT2D eigenvalue weighted by atomic mass is 16.5. The molecule has 1 aromatic carbocycles. The molecule has 2 aromatic rings. The molecule has 0 amide bonds. The van der Waals surface area contributed by atoms with Crippen LogP contribution in [0.4, 0.5) is 0 Å². The van der Waals surface area contributed by atoms with E-state index in [9.17, 15) is 0 Å². The average Bonchev–Trinajstić information content (AvgIpc) is 2.71. The summed E-state index contributed by atoms with van der Waals surface area (Å²) in [7, 11) is 6.07. The first-order chi connectivity index (χ1) is 8.72. The number of rotatable bonds is 3. The molecule has 1 saturated carbocycles. The molecule has 1 fully saturated rings. The van der Waals surface area contributed by atoms with Crippen molar-refractivity contribution >= 4 is 10.9 Å². The lowest BCUT2D eigenvalue weighted by Crippen LogP contribution is -2.43. The van der Waals surface area contributed by atoms with Crippen LogP contribution in [-0.2, 0) is 0 Å². The van der Waals surface area contributed by atoms with Gasteiger partial charge in [-0.15, -0.1) is 0 Å². The van der Waals surface area contributed by atoms with E-state index in [1.807, 2.05) is 6.07 Å². The number of methoxy groups -OCH3 is 1. The molecule has 3 rings (SSSR count). The molecule has 1 aliphatic carbocycles. The van der Waals surface area contributed by atoms with Crippen LogP contribution in [0.2, 0.25) is 0 Å². The third-order valence-corrected chi connectivity index (χ3v) is 4.17. The van der Waals surface area contributed by atoms with Gasteiger partial charge in [0.05, 0.1) is 12.6 Å². The lowest BCUT2D eigenvalue weighted by Gasteiger charge is -2.42. The largest absolute Gasteiger partial charge is 0.496 e. The van der Waals surface area contributed by atoms with Crippen molar-refractivity contribution in [1.82, 2.24) is 9.47 Å². The van der Waals surface area contributed by atoms with Crippen molar-refractivity contribution in [3.63, 3.8) is 0 Å². The van der Waals surface area contributed by atoms with Gasteiger partial charge in [0, 0.05) is 23.7 Å². The van der Waals surface area contributed by atoms with E-state index < -0.39 is 0 Å². The molecule has 3 heteroatoms. The van der Waals surface area contributed by atoms with E-state index in [-0.39, 0.29) is 0 Å². The molecule has 18 heavy (non-hydrogen) atoms. The summed E-state index contributed by atoms with van der Waals surface area (Å²) in [6.07, 6.45) is 4.76. The van der Waals surface area contributed by atoms with Crippen LogP contribution < -0.4 is 4.74 Å². The van der Waals surface area contributed by atoms with E-state index >= 15 is 0 Å². The van der Waals surface area contributed by atoms with Gasteiger partial charge in [-0.05, 0) is 45.1 Å². The quantitative estimate of drug-likeness (QED) is 0.826. The maximum atomic E-state index is 5.42. The van der Waals surface area contributed by atoms with Crippen LogP contribution in [0, 0.1) is 0 Å². The summed E-state index contributed by atoms with van der Waals surface area (Å²) in [6.45, 7) is 0. The smallest absolute Gasteiger partial charge is 0.128 e. The number of likely N-dealkylation sites (N-methyl/N-ethyl adjacent to an activating group) is 1. The molecule has 2 unspecified atom stereocenters. The van der Waals surface area contributed by atoms with E-state index in [4.69, 9.17) is 4.74 Å². The Balaban J connectivity index is 2.03. The Labute approximate surface area is 108 Å². The lowest BCUT2D eigenvalue weighted by molar-refractivity contribution is 0.116. The minimum atomic E-state index is 0.601. The Bertz CT molecular complexity index is 559. The SMILES string of the molecule is COc1cccc2c1ccn2C1CCC1N(C)C. The van der Waals surface area contributed by atoms with E-state index in [1.54, 1.807) is 7.11 Å². The van der Waals surface area contributed by atoms with Crippen molar-refractivity contribution in [1.29, 1.82) is 0 Å². The van der Waals surface area contributed by atoms with Crippen LogP contribution in [0.3, 0.4) is 0 Å². The number of benzene rings is 1. The van der Waals surface area contributed by atoms with Crippen LogP contribution in [0.5, 0.6) is 5.75 Å². The molecule has 3 nitrogen and oxygen atoms in total. The molecule has 0 N–H and O–H groups in total. The van der Waals surface area contributed by atoms with Crippen molar-refractivity contribution in [3.05, 3.63) is 30.5 Å². The third-order valence-electron chi connectivity index (χ3n) is 4.17. The van der Waals surface area contributed by atoms with Crippen molar-refractivity contribution in [2.75, 3.05) is 21.2 Å². The van der Waals surface area contributed by atoms with Gasteiger partial charge in [0.25, 0.3) is 0 Å². The molecule has 2 atom stereocenters. The van der Waals surface area contributed by atoms with Gasteiger partial charge in [-0.2, -0.15) is 0 Å². The Morgan fingerprint density at radius 1 is 1.22 bits per heavy atom. The predicted octanol–water partition coefficient (Wildman–Crippen LogP) is 2.92. The molecule has 0 bridgehead atoms. The zero-order valence-corrected chi connectivity index (χ0v) is 11.3. The van der Waals surface area contributed by atoms with Crippen LogP contribution in [0.15, 0.2) is 30.5 Å². The Morgan fingerprint density at radius 3 is 2.67 bits per heavy atom. The third kappa shape index (κ3) is 1.62. The number of hydrogen-bond acceptors (Lipinski definition) is 2. The molecule has 0 radical (unpaired) electrons. The van der Waals surface area contributed by atoms with Gasteiger partial charge in [0.1, 0.15) is 5.75 Å². The summed E-state index contributed by atoms with van der Waals surface area (Å²) in [5.74, 6) is 0.965. The maximum Gasteiger partial charge on any atom is 0.128 e. The first-order valence-corrected chi connectivity index (χ1v) is 6.52. The molecule has 1 aliphatic rings. The Kier molecular flexibility index (Phi) is 2.78. The standard InChI is InChI=1S/C15H20N2O/c1-16(2)13-7-8-14(13)17-10-9-11-12(17)5-4-6-15(11)18-3/h4-6,9-10,13-14H,7-8H2,1-3H3. The second kappa shape index (κ2) is 4.32. The second-order valence-electron chi connectivity index (χ2n) is 5.29. The molecule has 1 heterocycles. The highest BCUT2D eigenvalue weighted by Crippen LogP contribution is 2.39. The van der Waals surface area contributed by atoms with Crippen LogP contribution in [0.1, 0.15) is 18.9 Å². The molecule has 96 valence electrons. The van der Waals surface area contributed by atoms with Gasteiger partial charge in [-0.1, -0.05) is 6.07 Å². The molecule has 0 spiro atoms. The number of ether oxygens (including phenoxy) is 1. The minimum Gasteiger partial charge on any atom is -0.496 e. The van der Waals surface area contributed by atoms with Crippen LogP contribution in [0.25, 0.3) is 10.9 Å². The van der Waals surface area contributed by atoms with E-state index in [0.717, 1.165) is 5.75 Å². The number of fused-ring (bicyclic) bond motifs is 1. The van der Waals surface area contributed by atoms with E-state index in [2.05, 4.69) is 48.0 Å². The highest BCUT2D eigenvalue weighted by molar-refractivity contribution is 5.86. The first-order valence-electron chi connectivity index (χ1n) is 6.52. The topological polar surface area (TPSA) is 17.4 Å². The predicted molar refractivity (Wildman–Crippen MR) is 74.2 cm³/mol. The summed E-state index contributed by atoms with van der Waals surface area (Å²) in [4.78, 5) is 2.33. The fourth-order valence-electron chi connectivity index (χ4n) is 3.02. The van der Waals surface area contributed by atoms with Gasteiger partial charge in [0.2, 0.25) is 0 Å². The molecule has 0 saturated heterocycles. The van der Waals surface area contributed by atoms with Gasteiger partial charge in [-0.3, -0.25) is 0 Å². The summed E-state index contributed by atoms with van der Waals surface area (Å²) >= 11 is 0. The van der Waals surface area contributed by atoms with Crippen molar-refractivity contribution in [2.24, 2.45) is 0 Å². The number of aromatic nitrogens is 1. The average molecular weight is 244 g/mol. The lowest BCUT2D eigenvalue weighted by atomic mass is 9.85. The highest BCUT2D eigenvalue weighted by Gasteiger charge is 2.34. The fourth-order valence-corrected chi connectivity index (χ4v) is 3.02. The Morgan fingerprint density at radius 2 is 2.06 bits per heavy atom. The van der Waals surface area contributed by atoms with Crippen molar-refractivity contribution in [3.8, 4) is 5.75 Å². The molecule has 0 aliphatic heterocycles. The zero-order chi connectivity index (χ0) is 12.7. The number of hydrogen-bond donors (Lipinski definition) is 0. The van der Waals surface area contributed by atoms with Crippen LogP contribution in [-0.4, -0.2) is 36.7 Å². The van der Waals surface area contributed by atoms with Crippen molar-refractivity contribution < 1.29 is 4.74 Å². The summed E-state index contributed by atoms with van der Waals surface area (Å²) in [5, 5.41) is 1.21. The van der Waals surface area contributed by atoms with Crippen LogP contribution >= 0.6 is 0 Å². The fraction of sp³-hybridized carbons (Fsp3) is 0.467. The maximum absolute atomic E-state index is 5.42. The van der Waals surface area contributed by atoms with E-state index in [0.29, 0.717) is 12.1 Å². The monoisotopic (exact) mass is 244 g/mol. The zero-order valence-electron chi connectivity index (χ0n) is 11.3. The molecular weight excluding hydrogens is 224 g/mol. The minimum absolute atomic E-state index is 0.601. The van der Waals surface area contributed by atoms with Crippen molar-refractivity contribution in [2.45, 2.75) is 24.9 Å². The normalized spacial score (nSPS) is 23.3. The van der Waals surface area contributed by atoms with Gasteiger partial charge in [-0.25, -0.2) is 0 Å². The number of nitrogens with zero attached hydrogens (tertiary/aromatic N) is 2. The second-order valence-corrected chi connectivity index (χ2v) is 5.29. The van der Waals surface area contributed by atoms with Gasteiger partial charge < -0.3 is 14.2 Å². The summed E-state index contributed by atoms with van der Waals surface area (Å²) in [5.41, 5.74) is 1.28. The first kappa shape index (κ1) is 11.6. The Hall–Kier alpha value is -1.48. The summed E-state index contributed by atoms with van der Waals surface area (Å²) < 4.78 is 7.83.